The average molecular weight is 206 g/mol. The number of phenolic OH excluding ortho intramolecular Hbond substituents is 1. The topological polar surface area (TPSA) is 37.3 Å². The summed E-state index contributed by atoms with van der Waals surface area (Å²) in [6.45, 7) is 5.19. The number of allylic oxidation sites excluding steroid dienone is 1. The molecule has 0 saturated carbocycles. The number of ketones is 1. The fourth-order valence-corrected chi connectivity index (χ4v) is 1.30. The highest BCUT2D eigenvalue weighted by Crippen LogP contribution is 2.23. The van der Waals surface area contributed by atoms with Crippen LogP contribution < -0.4 is 0 Å². The van der Waals surface area contributed by atoms with Gasteiger partial charge in [-0.15, -0.1) is 0 Å². The van der Waals surface area contributed by atoms with E-state index in [0.29, 0.717) is 5.75 Å². The Morgan fingerprint density at radius 2 is 1.73 bits per heavy atom. The average Bonchev–Trinajstić information content (AvgIpc) is 2.10. The van der Waals surface area contributed by atoms with E-state index >= 15 is 0 Å². The highest BCUT2D eigenvalue weighted by molar-refractivity contribution is 5.91. The Labute approximate surface area is 91.3 Å². The van der Waals surface area contributed by atoms with Gasteiger partial charge in [-0.3, -0.25) is 4.79 Å². The zero-order valence-corrected chi connectivity index (χ0v) is 8.66. The molecule has 0 amide bonds. The Kier molecular flexibility index (Phi) is 4.79. The Morgan fingerprint density at radius 1 is 1.27 bits per heavy atom. The largest absolute Gasteiger partial charge is 0.507 e. The van der Waals surface area contributed by atoms with Gasteiger partial charge in [0.2, 0.25) is 0 Å². The van der Waals surface area contributed by atoms with Gasteiger partial charge in [0.25, 0.3) is 0 Å². The number of hydrogen-bond donors (Lipinski definition) is 1. The molecule has 0 bridgehead atoms. The van der Waals surface area contributed by atoms with Crippen LogP contribution in [-0.4, -0.2) is 10.9 Å². The lowest BCUT2D eigenvalue weighted by molar-refractivity contribution is -0.112. The first-order valence-electron chi connectivity index (χ1n) is 4.49. The molecule has 82 valence electrons. The Morgan fingerprint density at radius 3 is 2.13 bits per heavy atom. The molecular weight excluding hydrogens is 188 g/mol. The van der Waals surface area contributed by atoms with Crippen LogP contribution in [0.25, 0.3) is 6.08 Å². The lowest BCUT2D eigenvalue weighted by atomic mass is 10.1. The minimum Gasteiger partial charge on any atom is -0.507 e. The van der Waals surface area contributed by atoms with Crippen molar-refractivity contribution >= 4 is 11.9 Å². The van der Waals surface area contributed by atoms with Crippen LogP contribution in [0, 0.1) is 13.8 Å². The van der Waals surface area contributed by atoms with E-state index in [-0.39, 0.29) is 13.2 Å². The molecule has 1 aromatic rings. The molecule has 0 aliphatic carbocycles. The molecule has 2 heteroatoms. The molecule has 0 atom stereocenters. The molecule has 0 aromatic heterocycles. The van der Waals surface area contributed by atoms with E-state index in [4.69, 9.17) is 0 Å². The maximum atomic E-state index is 10.7. The summed E-state index contributed by atoms with van der Waals surface area (Å²) in [5.41, 5.74) is 2.59. The van der Waals surface area contributed by atoms with E-state index < -0.39 is 0 Å². The van der Waals surface area contributed by atoms with E-state index in [1.165, 1.54) is 13.0 Å². The molecule has 15 heavy (non-hydrogen) atoms. The molecule has 2 nitrogen and oxygen atoms in total. The highest BCUT2D eigenvalue weighted by atomic mass is 16.3. The number of phenols is 1. The molecule has 1 rings (SSSR count). The van der Waals surface area contributed by atoms with E-state index in [0.717, 1.165) is 16.7 Å². The fraction of sp³-hybridized carbons (Fsp3) is 0.308. The van der Waals surface area contributed by atoms with Gasteiger partial charge in [0, 0.05) is 0 Å². The third-order valence-corrected chi connectivity index (χ3v) is 2.02. The van der Waals surface area contributed by atoms with Gasteiger partial charge >= 0.3 is 0 Å². The molecule has 1 aromatic carbocycles. The lowest BCUT2D eigenvalue weighted by Crippen LogP contribution is -1.84. The molecule has 0 spiro atoms. The van der Waals surface area contributed by atoms with Crippen LogP contribution in [0.5, 0.6) is 5.75 Å². The van der Waals surface area contributed by atoms with Crippen LogP contribution in [0.1, 0.15) is 31.0 Å². The van der Waals surface area contributed by atoms with E-state index in [2.05, 4.69) is 0 Å². The number of rotatable bonds is 2. The van der Waals surface area contributed by atoms with Gasteiger partial charge in [0.1, 0.15) is 5.75 Å². The number of aromatic hydroxyl groups is 1. The molecule has 0 heterocycles. The van der Waals surface area contributed by atoms with E-state index in [1.807, 2.05) is 26.0 Å². The molecular formula is C13H18O2. The summed E-state index contributed by atoms with van der Waals surface area (Å²) in [6.07, 6.45) is 3.27. The number of carbonyl (C=O) groups is 1. The Balaban J connectivity index is 0.00000196. The van der Waals surface area contributed by atoms with Crippen molar-refractivity contribution in [3.05, 3.63) is 34.9 Å². The van der Waals surface area contributed by atoms with Gasteiger partial charge in [-0.05, 0) is 55.7 Å². The van der Waals surface area contributed by atoms with Crippen LogP contribution in [0.4, 0.5) is 0 Å². The summed E-state index contributed by atoms with van der Waals surface area (Å²) in [5.74, 6) is 0.346. The zero-order chi connectivity index (χ0) is 10.7. The van der Waals surface area contributed by atoms with E-state index in [1.54, 1.807) is 6.08 Å². The van der Waals surface area contributed by atoms with Crippen LogP contribution in [0.3, 0.4) is 0 Å². The van der Waals surface area contributed by atoms with Gasteiger partial charge in [-0.2, -0.15) is 0 Å². The van der Waals surface area contributed by atoms with Gasteiger partial charge in [-0.25, -0.2) is 0 Å². The Hall–Kier alpha value is -1.57. The first kappa shape index (κ1) is 13.4. The van der Waals surface area contributed by atoms with Crippen molar-refractivity contribution in [3.8, 4) is 5.75 Å². The minimum atomic E-state index is 0. The zero-order valence-electron chi connectivity index (χ0n) is 8.66. The number of carbonyl (C=O) groups excluding carboxylic acids is 1. The summed E-state index contributed by atoms with van der Waals surface area (Å²) < 4.78 is 0. The SMILES string of the molecule is C.CC(=O)/C=C/c1cc(C)c(O)c(C)c1. The van der Waals surface area contributed by atoms with Gasteiger partial charge in [0.15, 0.2) is 5.78 Å². The molecule has 0 fully saturated rings. The van der Waals surface area contributed by atoms with Crippen LogP contribution >= 0.6 is 0 Å². The van der Waals surface area contributed by atoms with Gasteiger partial charge in [-0.1, -0.05) is 13.5 Å². The summed E-state index contributed by atoms with van der Waals surface area (Å²) in [6, 6.07) is 3.70. The summed E-state index contributed by atoms with van der Waals surface area (Å²) >= 11 is 0. The predicted molar refractivity (Wildman–Crippen MR) is 64.0 cm³/mol. The summed E-state index contributed by atoms with van der Waals surface area (Å²) in [7, 11) is 0. The predicted octanol–water partition coefficient (Wildman–Crippen LogP) is 3.25. The van der Waals surface area contributed by atoms with Gasteiger partial charge < -0.3 is 5.11 Å². The third kappa shape index (κ3) is 3.58. The molecule has 1 N–H and O–H groups in total. The number of aryl methyl sites for hydroxylation is 2. The van der Waals surface area contributed by atoms with Crippen molar-refractivity contribution in [2.75, 3.05) is 0 Å². The van der Waals surface area contributed by atoms with Crippen LogP contribution in [-0.2, 0) is 4.79 Å². The quantitative estimate of drug-likeness (QED) is 0.754. The Bertz CT molecular complexity index is 367. The standard InChI is InChI=1S/C12H14O2.CH4/c1-8-6-11(5-4-10(3)13)7-9(2)12(8)14;/h4-7,14H,1-3H3;1H4/b5-4+;. The lowest BCUT2D eigenvalue weighted by Gasteiger charge is -2.04. The fourth-order valence-electron chi connectivity index (χ4n) is 1.30. The normalized spacial score (nSPS) is 10.1. The summed E-state index contributed by atoms with van der Waals surface area (Å²) in [5, 5.41) is 9.52. The second-order valence-electron chi connectivity index (χ2n) is 3.45. The monoisotopic (exact) mass is 206 g/mol. The molecule has 0 aliphatic heterocycles. The molecule has 0 aliphatic rings. The van der Waals surface area contributed by atoms with Crippen molar-refractivity contribution in [2.45, 2.75) is 28.2 Å². The maximum Gasteiger partial charge on any atom is 0.152 e. The molecule has 0 unspecified atom stereocenters. The second kappa shape index (κ2) is 5.35. The van der Waals surface area contributed by atoms with Crippen molar-refractivity contribution < 1.29 is 9.90 Å². The van der Waals surface area contributed by atoms with Crippen molar-refractivity contribution in [3.63, 3.8) is 0 Å². The third-order valence-electron chi connectivity index (χ3n) is 2.02. The molecule has 0 saturated heterocycles. The smallest absolute Gasteiger partial charge is 0.152 e. The number of benzene rings is 1. The second-order valence-corrected chi connectivity index (χ2v) is 3.45. The van der Waals surface area contributed by atoms with Crippen LogP contribution in [0.2, 0.25) is 0 Å². The number of hydrogen-bond acceptors (Lipinski definition) is 2. The first-order chi connectivity index (χ1) is 6.50. The summed E-state index contributed by atoms with van der Waals surface area (Å²) in [4.78, 5) is 10.7. The minimum absolute atomic E-state index is 0. The van der Waals surface area contributed by atoms with Gasteiger partial charge in [0.05, 0.1) is 0 Å². The van der Waals surface area contributed by atoms with Crippen LogP contribution in [0.15, 0.2) is 18.2 Å². The first-order valence-corrected chi connectivity index (χ1v) is 4.49. The highest BCUT2D eigenvalue weighted by Gasteiger charge is 2.00. The van der Waals surface area contributed by atoms with Crippen molar-refractivity contribution in [2.24, 2.45) is 0 Å². The van der Waals surface area contributed by atoms with E-state index in [9.17, 15) is 9.90 Å². The maximum absolute atomic E-state index is 10.7. The van der Waals surface area contributed by atoms with Crippen molar-refractivity contribution in [1.82, 2.24) is 0 Å². The van der Waals surface area contributed by atoms with Crippen molar-refractivity contribution in [1.29, 1.82) is 0 Å². The molecule has 0 radical (unpaired) electrons.